The summed E-state index contributed by atoms with van der Waals surface area (Å²) in [6, 6.07) is 101. The van der Waals surface area contributed by atoms with Gasteiger partial charge >= 0.3 is 0 Å². The van der Waals surface area contributed by atoms with Crippen molar-refractivity contribution in [3.8, 4) is 72.4 Å². The molecule has 0 aliphatic rings. The summed E-state index contributed by atoms with van der Waals surface area (Å²) in [6.45, 7) is 0. The summed E-state index contributed by atoms with van der Waals surface area (Å²) < 4.78 is 2.44. The van der Waals surface area contributed by atoms with Crippen LogP contribution in [0.3, 0.4) is 0 Å². The third-order valence-electron chi connectivity index (χ3n) is 13.3. The van der Waals surface area contributed by atoms with Crippen LogP contribution >= 0.6 is 0 Å². The van der Waals surface area contributed by atoms with Gasteiger partial charge in [0, 0.05) is 33.4 Å². The summed E-state index contributed by atoms with van der Waals surface area (Å²) >= 11 is 0. The predicted octanol–water partition coefficient (Wildman–Crippen LogP) is 18.3. The Kier molecular flexibility index (Phi) is 10.6. The molecule has 0 amide bonds. The van der Waals surface area contributed by atoms with Gasteiger partial charge in [0.1, 0.15) is 0 Å². The fourth-order valence-corrected chi connectivity index (χ4v) is 9.77. The van der Waals surface area contributed by atoms with E-state index in [1.165, 1.54) is 83.0 Å². The Labute approximate surface area is 397 Å². The van der Waals surface area contributed by atoms with E-state index < -0.39 is 0 Å². The van der Waals surface area contributed by atoms with E-state index in [0.717, 1.165) is 28.3 Å². The Balaban J connectivity index is 0.861. The van der Waals surface area contributed by atoms with E-state index in [1.807, 2.05) is 0 Å². The molecule has 2 heteroatoms. The van der Waals surface area contributed by atoms with Crippen LogP contribution in [0, 0.1) is 0 Å². The van der Waals surface area contributed by atoms with Crippen LogP contribution in [-0.2, 0) is 0 Å². The molecule has 320 valence electrons. The van der Waals surface area contributed by atoms with Crippen molar-refractivity contribution >= 4 is 38.9 Å². The van der Waals surface area contributed by atoms with E-state index >= 15 is 0 Å². The van der Waals surface area contributed by atoms with Crippen molar-refractivity contribution in [3.63, 3.8) is 0 Å². The maximum atomic E-state index is 2.44. The molecule has 1 heterocycles. The van der Waals surface area contributed by atoms with Gasteiger partial charge in [-0.3, -0.25) is 0 Å². The molecule has 0 aliphatic heterocycles. The number of anilines is 3. The van der Waals surface area contributed by atoms with Crippen molar-refractivity contribution in [1.82, 2.24) is 4.57 Å². The van der Waals surface area contributed by atoms with Gasteiger partial charge in [-0.25, -0.2) is 0 Å². The number of fused-ring (bicyclic) bond motifs is 3. The van der Waals surface area contributed by atoms with Crippen molar-refractivity contribution < 1.29 is 0 Å². The van der Waals surface area contributed by atoms with Crippen LogP contribution in [0.5, 0.6) is 0 Å². The average Bonchev–Trinajstić information content (AvgIpc) is 3.76. The smallest absolute Gasteiger partial charge is 0.0547 e. The highest BCUT2D eigenvalue weighted by Crippen LogP contribution is 2.41. The summed E-state index contributed by atoms with van der Waals surface area (Å²) in [7, 11) is 0. The Bertz CT molecular complexity index is 3650. The van der Waals surface area contributed by atoms with Crippen LogP contribution in [0.15, 0.2) is 279 Å². The molecule has 12 rings (SSSR count). The Hall–Kier alpha value is -8.98. The zero-order chi connectivity index (χ0) is 45.2. The standard InChI is InChI=1S/C66H46N2/c1-4-14-47(15-5-1)50-24-26-51(27-25-50)54-34-41-59(42-35-54)67(58-39-32-53(33-40-58)48-16-6-2-7-17-48)60-43-36-55(37-44-60)52-28-30-56(31-29-52)61-20-10-12-22-64(61)68-65-23-13-11-21-62(65)63-45-38-57(46-66(63)68)49-18-8-3-9-19-49/h1-46H. The van der Waals surface area contributed by atoms with Gasteiger partial charge in [-0.1, -0.05) is 224 Å². The second kappa shape index (κ2) is 17.8. The molecule has 0 N–H and O–H groups in total. The van der Waals surface area contributed by atoms with Crippen LogP contribution in [0.2, 0.25) is 0 Å². The fraction of sp³-hybridized carbons (Fsp3) is 0. The van der Waals surface area contributed by atoms with Gasteiger partial charge in [-0.05, 0) is 116 Å². The molecule has 68 heavy (non-hydrogen) atoms. The van der Waals surface area contributed by atoms with Crippen LogP contribution in [0.4, 0.5) is 17.1 Å². The zero-order valence-electron chi connectivity index (χ0n) is 37.5. The minimum atomic E-state index is 1.09. The van der Waals surface area contributed by atoms with Gasteiger partial charge in [0.25, 0.3) is 0 Å². The maximum Gasteiger partial charge on any atom is 0.0547 e. The Morgan fingerprint density at radius 2 is 0.544 bits per heavy atom. The molecule has 2 nitrogen and oxygen atoms in total. The SMILES string of the molecule is c1ccc(-c2ccc(-c3ccc(N(c4ccc(-c5ccccc5)cc4)c4ccc(-c5ccc(-c6ccccc6-n6c7ccccc7c7ccc(-c8ccccc8)cc76)cc5)cc4)cc3)cc2)cc1. The maximum absolute atomic E-state index is 2.44. The molecule has 0 aliphatic carbocycles. The highest BCUT2D eigenvalue weighted by atomic mass is 15.1. The molecular weight excluding hydrogens is 821 g/mol. The topological polar surface area (TPSA) is 8.17 Å². The van der Waals surface area contributed by atoms with Gasteiger partial charge in [-0.2, -0.15) is 0 Å². The predicted molar refractivity (Wildman–Crippen MR) is 288 cm³/mol. The van der Waals surface area contributed by atoms with E-state index in [-0.39, 0.29) is 0 Å². The monoisotopic (exact) mass is 866 g/mol. The van der Waals surface area contributed by atoms with Gasteiger partial charge in [0.05, 0.1) is 16.7 Å². The molecule has 0 atom stereocenters. The second-order valence-corrected chi connectivity index (χ2v) is 17.3. The quantitative estimate of drug-likeness (QED) is 0.133. The first kappa shape index (κ1) is 40.5. The van der Waals surface area contributed by atoms with E-state index in [1.54, 1.807) is 0 Å². The largest absolute Gasteiger partial charge is 0.311 e. The van der Waals surface area contributed by atoms with Crippen molar-refractivity contribution in [2.75, 3.05) is 4.90 Å². The van der Waals surface area contributed by atoms with Crippen molar-refractivity contribution in [1.29, 1.82) is 0 Å². The summed E-state index contributed by atoms with van der Waals surface area (Å²) in [5.41, 5.74) is 21.2. The molecule has 0 saturated heterocycles. The fourth-order valence-electron chi connectivity index (χ4n) is 9.77. The van der Waals surface area contributed by atoms with E-state index in [9.17, 15) is 0 Å². The van der Waals surface area contributed by atoms with E-state index in [4.69, 9.17) is 0 Å². The van der Waals surface area contributed by atoms with Crippen LogP contribution < -0.4 is 4.90 Å². The minimum Gasteiger partial charge on any atom is -0.311 e. The number of para-hydroxylation sites is 2. The normalized spacial score (nSPS) is 11.2. The molecule has 0 radical (unpaired) electrons. The number of aromatic nitrogens is 1. The Morgan fingerprint density at radius 1 is 0.221 bits per heavy atom. The van der Waals surface area contributed by atoms with Crippen LogP contribution in [0.25, 0.3) is 94.3 Å². The van der Waals surface area contributed by atoms with Crippen LogP contribution in [0.1, 0.15) is 0 Å². The average molecular weight is 867 g/mol. The number of nitrogens with zero attached hydrogens (tertiary/aromatic N) is 2. The lowest BCUT2D eigenvalue weighted by atomic mass is 9.98. The lowest BCUT2D eigenvalue weighted by molar-refractivity contribution is 1.18. The summed E-state index contributed by atoms with van der Waals surface area (Å²) in [5, 5.41) is 2.50. The summed E-state index contributed by atoms with van der Waals surface area (Å²) in [5.74, 6) is 0. The van der Waals surface area contributed by atoms with Gasteiger partial charge in [0.15, 0.2) is 0 Å². The zero-order valence-corrected chi connectivity index (χ0v) is 37.5. The van der Waals surface area contributed by atoms with Gasteiger partial charge in [-0.15, -0.1) is 0 Å². The van der Waals surface area contributed by atoms with Crippen molar-refractivity contribution in [2.45, 2.75) is 0 Å². The highest BCUT2D eigenvalue weighted by Gasteiger charge is 2.18. The molecule has 11 aromatic carbocycles. The summed E-state index contributed by atoms with van der Waals surface area (Å²) in [4.78, 5) is 2.35. The first-order valence-electron chi connectivity index (χ1n) is 23.3. The summed E-state index contributed by atoms with van der Waals surface area (Å²) in [6.07, 6.45) is 0. The molecule has 0 spiro atoms. The third-order valence-corrected chi connectivity index (χ3v) is 13.3. The van der Waals surface area contributed by atoms with Crippen molar-refractivity contribution in [3.05, 3.63) is 279 Å². The molecular formula is C66H46N2. The molecule has 0 saturated carbocycles. The molecule has 0 fully saturated rings. The number of rotatable bonds is 10. The first-order valence-corrected chi connectivity index (χ1v) is 23.3. The third kappa shape index (κ3) is 7.74. The number of benzene rings is 11. The minimum absolute atomic E-state index is 1.09. The van der Waals surface area contributed by atoms with E-state index in [2.05, 4.69) is 289 Å². The molecule has 0 unspecified atom stereocenters. The lowest BCUT2D eigenvalue weighted by Gasteiger charge is -2.26. The van der Waals surface area contributed by atoms with Crippen LogP contribution in [-0.4, -0.2) is 4.57 Å². The highest BCUT2D eigenvalue weighted by molar-refractivity contribution is 6.10. The molecule has 1 aromatic heterocycles. The van der Waals surface area contributed by atoms with Gasteiger partial charge in [0.2, 0.25) is 0 Å². The molecule has 0 bridgehead atoms. The lowest BCUT2D eigenvalue weighted by Crippen LogP contribution is -2.09. The number of hydrogen-bond donors (Lipinski definition) is 0. The Morgan fingerprint density at radius 3 is 1.01 bits per heavy atom. The van der Waals surface area contributed by atoms with E-state index in [0.29, 0.717) is 0 Å². The molecule has 12 aromatic rings. The van der Waals surface area contributed by atoms with Crippen molar-refractivity contribution in [2.24, 2.45) is 0 Å². The first-order chi connectivity index (χ1) is 33.7. The number of hydrogen-bond acceptors (Lipinski definition) is 1. The second-order valence-electron chi connectivity index (χ2n) is 17.3. The van der Waals surface area contributed by atoms with Gasteiger partial charge < -0.3 is 9.47 Å².